The van der Waals surface area contributed by atoms with Gasteiger partial charge in [0.2, 0.25) is 0 Å². The average Bonchev–Trinajstić information content (AvgIpc) is 3.18. The van der Waals surface area contributed by atoms with Gasteiger partial charge in [0.25, 0.3) is 11.7 Å². The second-order valence-corrected chi connectivity index (χ2v) is 8.82. The van der Waals surface area contributed by atoms with Crippen molar-refractivity contribution in [1.29, 1.82) is 0 Å². The highest BCUT2D eigenvalue weighted by molar-refractivity contribution is 6.51. The van der Waals surface area contributed by atoms with E-state index in [-0.39, 0.29) is 23.0 Å². The first-order valence-electron chi connectivity index (χ1n) is 11.8. The summed E-state index contributed by atoms with van der Waals surface area (Å²) >= 11 is 0. The predicted molar refractivity (Wildman–Crippen MR) is 133 cm³/mol. The molecule has 9 heteroatoms. The molecule has 1 atom stereocenters. The predicted octanol–water partition coefficient (Wildman–Crippen LogP) is 4.04. The number of esters is 1. The molecule has 1 saturated heterocycles. The van der Waals surface area contributed by atoms with Gasteiger partial charge in [0.05, 0.1) is 23.3 Å². The zero-order chi connectivity index (χ0) is 26.1. The topological polar surface area (TPSA) is 115 Å². The summed E-state index contributed by atoms with van der Waals surface area (Å²) in [5.41, 5.74) is 1.23. The Morgan fingerprint density at radius 1 is 1.03 bits per heavy atom. The summed E-state index contributed by atoms with van der Waals surface area (Å²) in [4.78, 5) is 44.7. The Kier molecular flexibility index (Phi) is 6.35. The van der Waals surface area contributed by atoms with Crippen LogP contribution in [0.2, 0.25) is 0 Å². The van der Waals surface area contributed by atoms with Crippen molar-refractivity contribution in [1.82, 2.24) is 4.98 Å². The molecule has 1 fully saturated rings. The largest absolute Gasteiger partial charge is 0.507 e. The minimum atomic E-state index is -0.988. The van der Waals surface area contributed by atoms with Crippen molar-refractivity contribution in [3.8, 4) is 11.5 Å². The number of anilines is 1. The molecule has 0 saturated carbocycles. The number of carbonyl (C=O) groups excluding carboxylic acids is 3. The number of nitrogens with zero attached hydrogens (tertiary/aromatic N) is 2. The van der Waals surface area contributed by atoms with Gasteiger partial charge in [-0.2, -0.15) is 0 Å². The second-order valence-electron chi connectivity index (χ2n) is 8.82. The van der Waals surface area contributed by atoms with Crippen molar-refractivity contribution in [2.75, 3.05) is 18.1 Å². The van der Waals surface area contributed by atoms with E-state index in [0.717, 1.165) is 0 Å². The zero-order valence-electron chi connectivity index (χ0n) is 20.2. The Bertz CT molecular complexity index is 1420. The van der Waals surface area contributed by atoms with E-state index in [0.29, 0.717) is 41.5 Å². The van der Waals surface area contributed by atoms with E-state index in [9.17, 15) is 19.5 Å². The number of pyridine rings is 1. The maximum atomic E-state index is 13.4. The molecule has 2 aliphatic heterocycles. The average molecular weight is 501 g/mol. The monoisotopic (exact) mass is 500 g/mol. The first kappa shape index (κ1) is 24.1. The van der Waals surface area contributed by atoms with Crippen molar-refractivity contribution in [2.24, 2.45) is 0 Å². The molecular weight excluding hydrogens is 476 g/mol. The van der Waals surface area contributed by atoms with Gasteiger partial charge in [-0.1, -0.05) is 12.1 Å². The number of hydrogen-bond donors (Lipinski definition) is 1. The maximum absolute atomic E-state index is 13.4. The zero-order valence-corrected chi connectivity index (χ0v) is 20.2. The summed E-state index contributed by atoms with van der Waals surface area (Å²) in [6.45, 7) is 4.24. The lowest BCUT2D eigenvalue weighted by molar-refractivity contribution is -0.132. The highest BCUT2D eigenvalue weighted by Crippen LogP contribution is 2.43. The molecule has 9 nitrogen and oxygen atoms in total. The second kappa shape index (κ2) is 9.77. The normalized spacial score (nSPS) is 18.2. The van der Waals surface area contributed by atoms with Crippen LogP contribution in [0.4, 0.5) is 5.69 Å². The van der Waals surface area contributed by atoms with E-state index in [1.165, 1.54) is 17.2 Å². The molecule has 5 rings (SSSR count). The quantitative estimate of drug-likeness (QED) is 0.242. The molecule has 0 aliphatic carbocycles. The molecule has 2 aromatic carbocycles. The van der Waals surface area contributed by atoms with Gasteiger partial charge in [-0.3, -0.25) is 19.5 Å². The molecule has 1 unspecified atom stereocenters. The lowest BCUT2D eigenvalue weighted by atomic mass is 9.96. The number of ether oxygens (including phenoxy) is 3. The Balaban J connectivity index is 1.64. The number of aliphatic hydroxyl groups is 1. The molecule has 1 N–H and O–H groups in total. The van der Waals surface area contributed by atoms with Gasteiger partial charge in [-0.25, -0.2) is 4.79 Å². The van der Waals surface area contributed by atoms with Gasteiger partial charge < -0.3 is 19.3 Å². The van der Waals surface area contributed by atoms with Crippen LogP contribution >= 0.6 is 0 Å². The molecule has 3 heterocycles. The van der Waals surface area contributed by atoms with Gasteiger partial charge in [0, 0.05) is 23.6 Å². The van der Waals surface area contributed by atoms with E-state index in [4.69, 9.17) is 14.2 Å². The third-order valence-corrected chi connectivity index (χ3v) is 5.96. The molecule has 1 amide bonds. The molecule has 0 bridgehead atoms. The number of hydrogen-bond acceptors (Lipinski definition) is 8. The lowest BCUT2D eigenvalue weighted by Gasteiger charge is -2.25. The highest BCUT2D eigenvalue weighted by atomic mass is 16.6. The van der Waals surface area contributed by atoms with E-state index in [1.807, 2.05) is 0 Å². The van der Waals surface area contributed by atoms with Gasteiger partial charge in [-0.05, 0) is 61.9 Å². The molecule has 0 spiro atoms. The van der Waals surface area contributed by atoms with Gasteiger partial charge in [0.15, 0.2) is 11.5 Å². The number of amides is 1. The fourth-order valence-electron chi connectivity index (χ4n) is 4.36. The molecular formula is C28H24N2O7. The Morgan fingerprint density at radius 2 is 1.81 bits per heavy atom. The molecule has 3 aromatic rings. The summed E-state index contributed by atoms with van der Waals surface area (Å²) in [7, 11) is 0. The number of benzene rings is 2. The van der Waals surface area contributed by atoms with Crippen LogP contribution in [0.5, 0.6) is 11.5 Å². The highest BCUT2D eigenvalue weighted by Gasteiger charge is 2.47. The summed E-state index contributed by atoms with van der Waals surface area (Å²) in [5.74, 6) is -1.67. The van der Waals surface area contributed by atoms with Crippen LogP contribution in [-0.4, -0.2) is 47.1 Å². The third kappa shape index (κ3) is 4.51. The van der Waals surface area contributed by atoms with Crippen LogP contribution in [0.1, 0.15) is 41.4 Å². The van der Waals surface area contributed by atoms with E-state index in [1.54, 1.807) is 68.6 Å². The van der Waals surface area contributed by atoms with E-state index >= 15 is 0 Å². The van der Waals surface area contributed by atoms with E-state index in [2.05, 4.69) is 4.98 Å². The summed E-state index contributed by atoms with van der Waals surface area (Å²) in [6.07, 6.45) is 2.77. The summed E-state index contributed by atoms with van der Waals surface area (Å²) in [5, 5.41) is 11.3. The van der Waals surface area contributed by atoms with Crippen molar-refractivity contribution < 1.29 is 33.7 Å². The number of rotatable bonds is 5. The van der Waals surface area contributed by atoms with Crippen molar-refractivity contribution in [2.45, 2.75) is 26.0 Å². The smallest absolute Gasteiger partial charge is 0.338 e. The number of ketones is 1. The Morgan fingerprint density at radius 3 is 2.54 bits per heavy atom. The number of Topliss-reactive ketones (excluding diaryl/α,β-unsaturated/α-hetero) is 1. The van der Waals surface area contributed by atoms with Crippen LogP contribution < -0.4 is 14.4 Å². The minimum Gasteiger partial charge on any atom is -0.507 e. The SMILES string of the molecule is CC(C)OC(=O)c1cccc(N2C(=O)C(=O)/C(=C(\O)c3ccc4c(c3)OCCO4)C2c2cccnc2)c1. The standard InChI is InChI=1S/C28H24N2O7/c1-16(2)37-28(34)18-5-3-7-20(13-18)30-24(19-6-4-10-29-15-19)23(26(32)27(30)33)25(31)17-8-9-21-22(14-17)36-12-11-35-21/h3-10,13-16,24,31H,11-12H2,1-2H3/b25-23-. The van der Waals surface area contributed by atoms with Gasteiger partial charge >= 0.3 is 5.97 Å². The van der Waals surface area contributed by atoms with E-state index < -0.39 is 23.7 Å². The number of aromatic nitrogens is 1. The molecule has 188 valence electrons. The molecule has 1 aromatic heterocycles. The lowest BCUT2D eigenvalue weighted by Crippen LogP contribution is -2.29. The fourth-order valence-corrected chi connectivity index (χ4v) is 4.36. The molecule has 2 aliphatic rings. The summed E-state index contributed by atoms with van der Waals surface area (Å²) in [6, 6.07) is 13.5. The van der Waals surface area contributed by atoms with Crippen LogP contribution in [0.25, 0.3) is 5.76 Å². The molecule has 37 heavy (non-hydrogen) atoms. The van der Waals surface area contributed by atoms with Crippen LogP contribution in [0.3, 0.4) is 0 Å². The van der Waals surface area contributed by atoms with Gasteiger partial charge in [-0.15, -0.1) is 0 Å². The van der Waals surface area contributed by atoms with Crippen molar-refractivity contribution >= 4 is 29.1 Å². The van der Waals surface area contributed by atoms with Crippen molar-refractivity contribution in [3.05, 3.63) is 89.3 Å². The molecule has 0 radical (unpaired) electrons. The van der Waals surface area contributed by atoms with Crippen molar-refractivity contribution in [3.63, 3.8) is 0 Å². The van der Waals surface area contributed by atoms with Crippen LogP contribution in [0, 0.1) is 0 Å². The number of aliphatic hydroxyl groups excluding tert-OH is 1. The Hall–Kier alpha value is -4.66. The number of carbonyl (C=O) groups is 3. The third-order valence-electron chi connectivity index (χ3n) is 5.96. The Labute approximate surface area is 212 Å². The fraction of sp³-hybridized carbons (Fsp3) is 0.214. The first-order chi connectivity index (χ1) is 17.8. The first-order valence-corrected chi connectivity index (χ1v) is 11.8. The minimum absolute atomic E-state index is 0.107. The van der Waals surface area contributed by atoms with Crippen LogP contribution in [-0.2, 0) is 14.3 Å². The maximum Gasteiger partial charge on any atom is 0.338 e. The van der Waals surface area contributed by atoms with Gasteiger partial charge in [0.1, 0.15) is 19.0 Å². The summed E-state index contributed by atoms with van der Waals surface area (Å²) < 4.78 is 16.4. The number of fused-ring (bicyclic) bond motifs is 1. The van der Waals surface area contributed by atoms with Crippen LogP contribution in [0.15, 0.2) is 72.6 Å².